The van der Waals surface area contributed by atoms with Crippen LogP contribution in [0.25, 0.3) is 11.4 Å². The molecule has 0 aliphatic heterocycles. The zero-order valence-corrected chi connectivity index (χ0v) is 18.0. The number of carbonyl (C=O) groups is 1. The van der Waals surface area contributed by atoms with Crippen LogP contribution in [0.4, 0.5) is 5.69 Å². The van der Waals surface area contributed by atoms with Crippen molar-refractivity contribution < 1.29 is 4.79 Å². The van der Waals surface area contributed by atoms with Gasteiger partial charge in [0.05, 0.1) is 10.8 Å². The van der Waals surface area contributed by atoms with Gasteiger partial charge in [0.25, 0.3) is 0 Å². The van der Waals surface area contributed by atoms with E-state index in [4.69, 9.17) is 11.6 Å². The maximum absolute atomic E-state index is 12.3. The fraction of sp³-hybridized carbons (Fsp3) is 0.211. The summed E-state index contributed by atoms with van der Waals surface area (Å²) < 4.78 is 2.75. The van der Waals surface area contributed by atoms with E-state index in [9.17, 15) is 4.79 Å². The highest BCUT2D eigenvalue weighted by Gasteiger charge is 2.14. The second-order valence-corrected chi connectivity index (χ2v) is 8.09. The van der Waals surface area contributed by atoms with E-state index in [1.165, 1.54) is 17.3 Å². The predicted molar refractivity (Wildman–Crippen MR) is 114 cm³/mol. The zero-order chi connectivity index (χ0) is 19.4. The highest BCUT2D eigenvalue weighted by atomic mass is 79.9. The molecule has 0 atom stereocenters. The third-order valence-electron chi connectivity index (χ3n) is 3.88. The molecule has 0 aliphatic carbocycles. The van der Waals surface area contributed by atoms with Gasteiger partial charge in [-0.2, -0.15) is 0 Å². The molecule has 3 rings (SSSR count). The van der Waals surface area contributed by atoms with Crippen LogP contribution in [0.3, 0.4) is 0 Å². The maximum Gasteiger partial charge on any atom is 0.234 e. The summed E-state index contributed by atoms with van der Waals surface area (Å²) in [4.78, 5) is 12.3. The molecule has 140 valence electrons. The highest BCUT2D eigenvalue weighted by molar-refractivity contribution is 9.10. The van der Waals surface area contributed by atoms with Crippen LogP contribution < -0.4 is 5.32 Å². The molecule has 1 aromatic heterocycles. The fourth-order valence-corrected chi connectivity index (χ4v) is 3.80. The van der Waals surface area contributed by atoms with Crippen LogP contribution in [0, 0.1) is 6.92 Å². The van der Waals surface area contributed by atoms with Gasteiger partial charge in [-0.3, -0.25) is 4.79 Å². The van der Waals surface area contributed by atoms with Gasteiger partial charge in [-0.05, 0) is 48.0 Å². The summed E-state index contributed by atoms with van der Waals surface area (Å²) in [7, 11) is 0. The van der Waals surface area contributed by atoms with Crippen molar-refractivity contribution >= 4 is 50.9 Å². The molecule has 5 nitrogen and oxygen atoms in total. The Balaban J connectivity index is 1.68. The van der Waals surface area contributed by atoms with Gasteiger partial charge in [-0.15, -0.1) is 10.2 Å². The van der Waals surface area contributed by atoms with Gasteiger partial charge in [0.2, 0.25) is 5.91 Å². The van der Waals surface area contributed by atoms with Crippen LogP contribution in [0.5, 0.6) is 0 Å². The topological polar surface area (TPSA) is 59.8 Å². The molecular formula is C19H18BrClN4OS. The predicted octanol–water partition coefficient (Wildman–Crippen LogP) is 5.42. The number of amides is 1. The molecule has 0 unspecified atom stereocenters. The molecule has 0 spiro atoms. The van der Waals surface area contributed by atoms with Crippen LogP contribution >= 0.6 is 39.3 Å². The first-order valence-corrected chi connectivity index (χ1v) is 10.5. The van der Waals surface area contributed by atoms with Gasteiger partial charge in [-0.1, -0.05) is 53.2 Å². The largest absolute Gasteiger partial charge is 0.325 e. The molecule has 27 heavy (non-hydrogen) atoms. The first-order chi connectivity index (χ1) is 13.0. The molecule has 0 bridgehead atoms. The first kappa shape index (κ1) is 19.9. The zero-order valence-electron chi connectivity index (χ0n) is 14.9. The molecule has 2 aromatic carbocycles. The Morgan fingerprint density at radius 3 is 2.63 bits per heavy atom. The Hall–Kier alpha value is -1.83. The lowest BCUT2D eigenvalue weighted by Gasteiger charge is -2.08. The number of carbonyl (C=O) groups excluding carboxylic acids is 1. The average molecular weight is 466 g/mol. The normalized spacial score (nSPS) is 10.8. The Labute approximate surface area is 175 Å². The van der Waals surface area contributed by atoms with E-state index < -0.39 is 0 Å². The Morgan fingerprint density at radius 2 is 1.96 bits per heavy atom. The molecule has 1 heterocycles. The first-order valence-electron chi connectivity index (χ1n) is 8.36. The summed E-state index contributed by atoms with van der Waals surface area (Å²) in [6.07, 6.45) is 0. The Bertz CT molecular complexity index is 959. The summed E-state index contributed by atoms with van der Waals surface area (Å²) in [5.74, 6) is 0.936. The van der Waals surface area contributed by atoms with E-state index in [0.29, 0.717) is 10.7 Å². The summed E-state index contributed by atoms with van der Waals surface area (Å²) in [6, 6.07) is 13.4. The molecule has 8 heteroatoms. The van der Waals surface area contributed by atoms with Crippen LogP contribution in [0.1, 0.15) is 12.5 Å². The second-order valence-electron chi connectivity index (χ2n) is 5.88. The lowest BCUT2D eigenvalue weighted by atomic mass is 10.1. The fourth-order valence-electron chi connectivity index (χ4n) is 2.50. The molecule has 0 fully saturated rings. The van der Waals surface area contributed by atoms with E-state index in [1.54, 1.807) is 18.2 Å². The molecule has 0 saturated heterocycles. The number of halogens is 2. The third kappa shape index (κ3) is 4.91. The van der Waals surface area contributed by atoms with Crippen LogP contribution in [-0.2, 0) is 11.3 Å². The van der Waals surface area contributed by atoms with E-state index in [-0.39, 0.29) is 11.7 Å². The minimum absolute atomic E-state index is 0.114. The molecule has 0 aliphatic rings. The van der Waals surface area contributed by atoms with Crippen molar-refractivity contribution in [3.63, 3.8) is 0 Å². The van der Waals surface area contributed by atoms with Gasteiger partial charge in [0.1, 0.15) is 0 Å². The quantitative estimate of drug-likeness (QED) is 0.494. The average Bonchev–Trinajstić information content (AvgIpc) is 3.06. The smallest absolute Gasteiger partial charge is 0.234 e. The molecule has 0 radical (unpaired) electrons. The van der Waals surface area contributed by atoms with Crippen LogP contribution in [0.2, 0.25) is 5.02 Å². The highest BCUT2D eigenvalue weighted by Crippen LogP contribution is 2.27. The lowest BCUT2D eigenvalue weighted by molar-refractivity contribution is -0.113. The van der Waals surface area contributed by atoms with Crippen molar-refractivity contribution in [1.29, 1.82) is 0 Å². The summed E-state index contributed by atoms with van der Waals surface area (Å²) in [6.45, 7) is 4.81. The number of hydrogen-bond acceptors (Lipinski definition) is 4. The van der Waals surface area contributed by atoms with Gasteiger partial charge in [-0.25, -0.2) is 0 Å². The summed E-state index contributed by atoms with van der Waals surface area (Å²) in [5, 5.41) is 12.7. The monoisotopic (exact) mass is 464 g/mol. The summed E-state index contributed by atoms with van der Waals surface area (Å²) >= 11 is 10.7. The van der Waals surface area contributed by atoms with Crippen molar-refractivity contribution in [3.8, 4) is 11.4 Å². The number of aryl methyl sites for hydroxylation is 1. The number of rotatable bonds is 6. The van der Waals surface area contributed by atoms with Crippen molar-refractivity contribution in [1.82, 2.24) is 14.8 Å². The summed E-state index contributed by atoms with van der Waals surface area (Å²) in [5.41, 5.74) is 2.90. The standard InChI is InChI=1S/C19H18BrClN4OS/c1-3-25-18(13-6-4-12(2)5-7-13)23-24-19(25)27-11-17(26)22-14-8-9-16(21)15(20)10-14/h4-10H,3,11H2,1-2H3,(H,22,26). The van der Waals surface area contributed by atoms with E-state index in [0.717, 1.165) is 27.6 Å². The van der Waals surface area contributed by atoms with Gasteiger partial charge >= 0.3 is 0 Å². The number of aromatic nitrogens is 3. The van der Waals surface area contributed by atoms with Crippen molar-refractivity contribution in [2.45, 2.75) is 25.5 Å². The number of benzene rings is 2. The van der Waals surface area contributed by atoms with Gasteiger partial charge in [0.15, 0.2) is 11.0 Å². The van der Waals surface area contributed by atoms with Gasteiger partial charge in [0, 0.05) is 22.3 Å². The van der Waals surface area contributed by atoms with Crippen molar-refractivity contribution in [2.75, 3.05) is 11.1 Å². The Kier molecular flexibility index (Phi) is 6.57. The van der Waals surface area contributed by atoms with Crippen LogP contribution in [-0.4, -0.2) is 26.4 Å². The SMILES string of the molecule is CCn1c(SCC(=O)Nc2ccc(Cl)c(Br)c2)nnc1-c1ccc(C)cc1. The third-order valence-corrected chi connectivity index (χ3v) is 6.06. The van der Waals surface area contributed by atoms with Gasteiger partial charge < -0.3 is 9.88 Å². The van der Waals surface area contributed by atoms with Crippen molar-refractivity contribution in [2.24, 2.45) is 0 Å². The second kappa shape index (κ2) is 8.91. The maximum atomic E-state index is 12.3. The number of anilines is 1. The van der Waals surface area contributed by atoms with E-state index in [1.807, 2.05) is 30.5 Å². The number of nitrogens with zero attached hydrogens (tertiary/aromatic N) is 3. The molecular weight excluding hydrogens is 448 g/mol. The molecule has 3 aromatic rings. The van der Waals surface area contributed by atoms with Crippen LogP contribution in [0.15, 0.2) is 52.1 Å². The minimum atomic E-state index is -0.114. The molecule has 1 N–H and O–H groups in total. The van der Waals surface area contributed by atoms with E-state index in [2.05, 4.69) is 43.6 Å². The van der Waals surface area contributed by atoms with Crippen molar-refractivity contribution in [3.05, 3.63) is 57.5 Å². The minimum Gasteiger partial charge on any atom is -0.325 e. The number of thioether (sulfide) groups is 1. The number of nitrogens with one attached hydrogen (secondary N) is 1. The Morgan fingerprint density at radius 1 is 1.22 bits per heavy atom. The number of hydrogen-bond donors (Lipinski definition) is 1. The lowest BCUT2D eigenvalue weighted by Crippen LogP contribution is -2.14. The molecule has 0 saturated carbocycles. The van der Waals surface area contributed by atoms with E-state index >= 15 is 0 Å². The molecule has 1 amide bonds.